The van der Waals surface area contributed by atoms with E-state index in [-0.39, 0.29) is 23.6 Å². The van der Waals surface area contributed by atoms with Crippen molar-refractivity contribution in [1.29, 1.82) is 0 Å². The van der Waals surface area contributed by atoms with Gasteiger partial charge in [-0.05, 0) is 43.9 Å². The number of aromatic nitrogens is 3. The van der Waals surface area contributed by atoms with Gasteiger partial charge in [-0.1, -0.05) is 25.1 Å². The Labute approximate surface area is 156 Å². The number of carbonyl (C=O) groups is 1. The molecule has 2 aliphatic heterocycles. The van der Waals surface area contributed by atoms with Crippen molar-refractivity contribution in [3.63, 3.8) is 0 Å². The summed E-state index contributed by atoms with van der Waals surface area (Å²) >= 11 is 0. The van der Waals surface area contributed by atoms with Crippen molar-refractivity contribution in [3.8, 4) is 0 Å². The summed E-state index contributed by atoms with van der Waals surface area (Å²) in [4.78, 5) is 33.1. The minimum absolute atomic E-state index is 0.0201. The molecule has 1 saturated heterocycles. The van der Waals surface area contributed by atoms with Crippen LogP contribution in [0.4, 0.5) is 0 Å². The Bertz CT molecular complexity index is 1140. The molecule has 0 radical (unpaired) electrons. The van der Waals surface area contributed by atoms with E-state index in [0.29, 0.717) is 28.9 Å². The van der Waals surface area contributed by atoms with Gasteiger partial charge >= 0.3 is 0 Å². The standard InChI is InChI=1S/C21H22N4O2/c1-2-11-23-17(21(27)25-14-6-5-7-15(25)10-9-14)13-16-19(23)22-18-8-3-4-12-24(18)20(16)26/h3-6,8,12-15H,2,7,9-11H2,1H3. The van der Waals surface area contributed by atoms with Gasteiger partial charge in [0.05, 0.1) is 11.4 Å². The fourth-order valence-electron chi connectivity index (χ4n) is 4.55. The van der Waals surface area contributed by atoms with Crippen molar-refractivity contribution in [2.75, 3.05) is 0 Å². The zero-order chi connectivity index (χ0) is 18.5. The Morgan fingerprint density at radius 2 is 2.19 bits per heavy atom. The second kappa shape index (κ2) is 6.08. The number of carbonyl (C=O) groups excluding carboxylic acids is 1. The molecule has 3 aromatic rings. The molecule has 2 bridgehead atoms. The Morgan fingerprint density at radius 3 is 3.00 bits per heavy atom. The van der Waals surface area contributed by atoms with Crippen LogP contribution in [0.5, 0.6) is 0 Å². The van der Waals surface area contributed by atoms with Gasteiger partial charge in [0.15, 0.2) is 0 Å². The molecule has 0 aromatic carbocycles. The fourth-order valence-corrected chi connectivity index (χ4v) is 4.55. The smallest absolute Gasteiger partial charge is 0.271 e. The summed E-state index contributed by atoms with van der Waals surface area (Å²) in [5, 5.41) is 0.510. The van der Waals surface area contributed by atoms with Crippen molar-refractivity contribution in [2.45, 2.75) is 51.2 Å². The summed E-state index contributed by atoms with van der Waals surface area (Å²) in [5.74, 6) is 0.0201. The highest BCUT2D eigenvalue weighted by Crippen LogP contribution is 2.33. The van der Waals surface area contributed by atoms with Crippen LogP contribution in [0.25, 0.3) is 16.7 Å². The lowest BCUT2D eigenvalue weighted by Gasteiger charge is -2.31. The molecule has 1 amide bonds. The second-order valence-corrected chi connectivity index (χ2v) is 7.44. The Balaban J connectivity index is 1.72. The van der Waals surface area contributed by atoms with E-state index in [2.05, 4.69) is 19.1 Å². The highest BCUT2D eigenvalue weighted by molar-refractivity contribution is 5.98. The quantitative estimate of drug-likeness (QED) is 0.673. The number of rotatable bonds is 3. The first-order chi connectivity index (χ1) is 13.2. The number of amides is 1. The Hall–Kier alpha value is -2.89. The maximum Gasteiger partial charge on any atom is 0.271 e. The molecule has 2 unspecified atom stereocenters. The van der Waals surface area contributed by atoms with Crippen LogP contribution >= 0.6 is 0 Å². The lowest BCUT2D eigenvalue weighted by molar-refractivity contribution is 0.0678. The first kappa shape index (κ1) is 16.3. The van der Waals surface area contributed by atoms with Crippen molar-refractivity contribution < 1.29 is 4.79 Å². The molecular weight excluding hydrogens is 340 g/mol. The molecule has 0 N–H and O–H groups in total. The van der Waals surface area contributed by atoms with E-state index in [0.717, 1.165) is 25.7 Å². The maximum atomic E-state index is 13.5. The molecule has 0 saturated carbocycles. The monoisotopic (exact) mass is 362 g/mol. The molecule has 1 fully saturated rings. The van der Waals surface area contributed by atoms with Gasteiger partial charge in [0, 0.05) is 18.8 Å². The molecule has 6 heteroatoms. The van der Waals surface area contributed by atoms with E-state index in [1.165, 1.54) is 0 Å². The largest absolute Gasteiger partial charge is 0.328 e. The predicted molar refractivity (Wildman–Crippen MR) is 104 cm³/mol. The third-order valence-corrected chi connectivity index (χ3v) is 5.79. The van der Waals surface area contributed by atoms with Crippen LogP contribution in [0.15, 0.2) is 47.4 Å². The second-order valence-electron chi connectivity index (χ2n) is 7.44. The van der Waals surface area contributed by atoms with E-state index >= 15 is 0 Å². The number of hydrogen-bond donors (Lipinski definition) is 0. The van der Waals surface area contributed by atoms with E-state index in [1.807, 2.05) is 27.7 Å². The highest BCUT2D eigenvalue weighted by atomic mass is 16.2. The van der Waals surface area contributed by atoms with E-state index in [1.54, 1.807) is 16.7 Å². The third kappa shape index (κ3) is 2.36. The third-order valence-electron chi connectivity index (χ3n) is 5.79. The normalized spacial score (nSPS) is 21.4. The highest BCUT2D eigenvalue weighted by Gasteiger charge is 2.38. The average molecular weight is 362 g/mol. The summed E-state index contributed by atoms with van der Waals surface area (Å²) in [7, 11) is 0. The van der Waals surface area contributed by atoms with Gasteiger partial charge in [0.25, 0.3) is 11.5 Å². The minimum atomic E-state index is -0.124. The molecule has 2 aliphatic rings. The fraction of sp³-hybridized carbons (Fsp3) is 0.381. The minimum Gasteiger partial charge on any atom is -0.328 e. The predicted octanol–water partition coefficient (Wildman–Crippen LogP) is 2.99. The van der Waals surface area contributed by atoms with Crippen molar-refractivity contribution in [1.82, 2.24) is 18.9 Å². The number of fused-ring (bicyclic) bond motifs is 4. The van der Waals surface area contributed by atoms with Crippen molar-refractivity contribution in [2.24, 2.45) is 0 Å². The SMILES string of the molecule is CCCn1c(C(=O)N2C3C=CCC2CC3)cc2c(=O)n3ccccc3nc21. The molecule has 3 aromatic heterocycles. The maximum absolute atomic E-state index is 13.5. The van der Waals surface area contributed by atoms with Crippen LogP contribution in [0, 0.1) is 0 Å². The summed E-state index contributed by atoms with van der Waals surface area (Å²) in [5.41, 5.74) is 1.67. The lowest BCUT2D eigenvalue weighted by atomic mass is 10.1. The Morgan fingerprint density at radius 1 is 1.30 bits per heavy atom. The van der Waals surface area contributed by atoms with Gasteiger partial charge < -0.3 is 9.47 Å². The topological polar surface area (TPSA) is 59.6 Å². The summed E-state index contributed by atoms with van der Waals surface area (Å²) in [6.07, 6.45) is 9.91. The van der Waals surface area contributed by atoms with Crippen molar-refractivity contribution >= 4 is 22.6 Å². The van der Waals surface area contributed by atoms with Crippen LogP contribution in [0.2, 0.25) is 0 Å². The number of pyridine rings is 1. The molecule has 6 nitrogen and oxygen atoms in total. The van der Waals surface area contributed by atoms with Gasteiger partial charge in [-0.3, -0.25) is 14.0 Å². The van der Waals surface area contributed by atoms with Crippen LogP contribution < -0.4 is 5.56 Å². The molecular formula is C21H22N4O2. The van der Waals surface area contributed by atoms with Gasteiger partial charge in [0.1, 0.15) is 17.0 Å². The van der Waals surface area contributed by atoms with Crippen LogP contribution in [0.3, 0.4) is 0 Å². The molecule has 5 rings (SSSR count). The first-order valence-electron chi connectivity index (χ1n) is 9.69. The van der Waals surface area contributed by atoms with E-state index in [4.69, 9.17) is 4.98 Å². The van der Waals surface area contributed by atoms with E-state index in [9.17, 15) is 9.59 Å². The molecule has 5 heterocycles. The van der Waals surface area contributed by atoms with Crippen LogP contribution in [0.1, 0.15) is 43.1 Å². The lowest BCUT2D eigenvalue weighted by Crippen LogP contribution is -2.42. The van der Waals surface area contributed by atoms with Crippen LogP contribution in [-0.2, 0) is 6.54 Å². The van der Waals surface area contributed by atoms with Crippen LogP contribution in [-0.4, -0.2) is 36.8 Å². The van der Waals surface area contributed by atoms with Crippen molar-refractivity contribution in [3.05, 3.63) is 58.7 Å². The molecule has 138 valence electrons. The molecule has 0 spiro atoms. The van der Waals surface area contributed by atoms with Gasteiger partial charge in [-0.25, -0.2) is 4.98 Å². The Kier molecular flexibility index (Phi) is 3.67. The molecule has 0 aliphatic carbocycles. The zero-order valence-corrected chi connectivity index (χ0v) is 15.3. The molecule has 2 atom stereocenters. The average Bonchev–Trinajstić information content (AvgIpc) is 3.16. The summed E-state index contributed by atoms with van der Waals surface area (Å²) in [6, 6.07) is 7.70. The molecule has 27 heavy (non-hydrogen) atoms. The number of nitrogens with zero attached hydrogens (tertiary/aromatic N) is 4. The summed E-state index contributed by atoms with van der Waals surface area (Å²) in [6.45, 7) is 2.74. The van der Waals surface area contributed by atoms with Gasteiger partial charge in [-0.15, -0.1) is 0 Å². The number of aryl methyl sites for hydroxylation is 1. The number of hydrogen-bond acceptors (Lipinski definition) is 3. The van der Waals surface area contributed by atoms with Gasteiger partial charge in [0.2, 0.25) is 0 Å². The van der Waals surface area contributed by atoms with Gasteiger partial charge in [-0.2, -0.15) is 0 Å². The summed E-state index contributed by atoms with van der Waals surface area (Å²) < 4.78 is 3.48. The first-order valence-corrected chi connectivity index (χ1v) is 9.69. The zero-order valence-electron chi connectivity index (χ0n) is 15.3. The van der Waals surface area contributed by atoms with E-state index < -0.39 is 0 Å².